The van der Waals surface area contributed by atoms with E-state index in [1.807, 2.05) is 18.2 Å². The van der Waals surface area contributed by atoms with Gasteiger partial charge in [0.25, 0.3) is 5.91 Å². The lowest BCUT2D eigenvalue weighted by molar-refractivity contribution is -0.121. The maximum Gasteiger partial charge on any atom is 0.251 e. The first-order valence-electron chi connectivity index (χ1n) is 8.33. The number of nitriles is 1. The van der Waals surface area contributed by atoms with Crippen molar-refractivity contribution in [3.63, 3.8) is 0 Å². The SMILES string of the molecule is N#Cc1ccc(C(=O)NCC(=O)N[C@H]2CCCc3ccccc32)cc1. The number of aryl methyl sites for hydroxylation is 1. The van der Waals surface area contributed by atoms with Gasteiger partial charge < -0.3 is 10.6 Å². The maximum atomic E-state index is 12.2. The van der Waals surface area contributed by atoms with Crippen LogP contribution in [0.5, 0.6) is 0 Å². The van der Waals surface area contributed by atoms with Gasteiger partial charge in [-0.15, -0.1) is 0 Å². The van der Waals surface area contributed by atoms with E-state index in [1.165, 1.54) is 11.1 Å². The first-order chi connectivity index (χ1) is 12.2. The fourth-order valence-corrected chi connectivity index (χ4v) is 3.11. The van der Waals surface area contributed by atoms with Crippen LogP contribution in [0.25, 0.3) is 0 Å². The second-order valence-electron chi connectivity index (χ2n) is 6.08. The van der Waals surface area contributed by atoms with Crippen molar-refractivity contribution < 1.29 is 9.59 Å². The third kappa shape index (κ3) is 4.04. The van der Waals surface area contributed by atoms with Crippen molar-refractivity contribution in [3.8, 4) is 6.07 Å². The van der Waals surface area contributed by atoms with E-state index < -0.39 is 0 Å². The van der Waals surface area contributed by atoms with Crippen molar-refractivity contribution in [1.82, 2.24) is 10.6 Å². The van der Waals surface area contributed by atoms with Crippen LogP contribution in [-0.4, -0.2) is 18.4 Å². The Morgan fingerprint density at radius 1 is 1.12 bits per heavy atom. The number of fused-ring (bicyclic) bond motifs is 1. The highest BCUT2D eigenvalue weighted by molar-refractivity contribution is 5.96. The molecule has 0 heterocycles. The normalized spacial score (nSPS) is 15.6. The van der Waals surface area contributed by atoms with Crippen molar-refractivity contribution in [2.24, 2.45) is 0 Å². The molecule has 5 heteroatoms. The minimum atomic E-state index is -0.330. The zero-order chi connectivity index (χ0) is 17.6. The Morgan fingerprint density at radius 3 is 2.64 bits per heavy atom. The van der Waals surface area contributed by atoms with E-state index in [-0.39, 0.29) is 24.4 Å². The molecule has 0 radical (unpaired) electrons. The van der Waals surface area contributed by atoms with E-state index in [1.54, 1.807) is 24.3 Å². The molecule has 0 saturated heterocycles. The molecule has 1 atom stereocenters. The average molecular weight is 333 g/mol. The first-order valence-corrected chi connectivity index (χ1v) is 8.33. The number of hydrogen-bond donors (Lipinski definition) is 2. The number of nitrogens with one attached hydrogen (secondary N) is 2. The third-order valence-corrected chi connectivity index (χ3v) is 4.39. The number of rotatable bonds is 4. The predicted molar refractivity (Wildman–Crippen MR) is 93.8 cm³/mol. The van der Waals surface area contributed by atoms with Crippen LogP contribution in [0.1, 0.15) is 45.9 Å². The number of amides is 2. The summed E-state index contributed by atoms with van der Waals surface area (Å²) in [5, 5.41) is 14.4. The summed E-state index contributed by atoms with van der Waals surface area (Å²) in [5.41, 5.74) is 3.36. The Morgan fingerprint density at radius 2 is 1.88 bits per heavy atom. The van der Waals surface area contributed by atoms with Gasteiger partial charge in [-0.2, -0.15) is 5.26 Å². The van der Waals surface area contributed by atoms with E-state index >= 15 is 0 Å². The molecule has 126 valence electrons. The van der Waals surface area contributed by atoms with Gasteiger partial charge in [-0.25, -0.2) is 0 Å². The topological polar surface area (TPSA) is 82.0 Å². The van der Waals surface area contributed by atoms with Gasteiger partial charge in [0.05, 0.1) is 24.2 Å². The molecule has 1 aliphatic carbocycles. The molecule has 3 rings (SSSR count). The van der Waals surface area contributed by atoms with Crippen molar-refractivity contribution in [2.45, 2.75) is 25.3 Å². The first kappa shape index (κ1) is 16.7. The monoisotopic (exact) mass is 333 g/mol. The van der Waals surface area contributed by atoms with Crippen molar-refractivity contribution in [1.29, 1.82) is 5.26 Å². The van der Waals surface area contributed by atoms with Crippen molar-refractivity contribution in [2.75, 3.05) is 6.54 Å². The van der Waals surface area contributed by atoms with Crippen LogP contribution >= 0.6 is 0 Å². The molecule has 2 aromatic rings. The quantitative estimate of drug-likeness (QED) is 0.902. The van der Waals surface area contributed by atoms with Crippen molar-refractivity contribution in [3.05, 3.63) is 70.8 Å². The van der Waals surface area contributed by atoms with Gasteiger partial charge in [0.15, 0.2) is 0 Å². The minimum Gasteiger partial charge on any atom is -0.348 e. The summed E-state index contributed by atoms with van der Waals surface area (Å²) in [6.45, 7) is -0.0719. The zero-order valence-electron chi connectivity index (χ0n) is 13.8. The van der Waals surface area contributed by atoms with Gasteiger partial charge in [0.1, 0.15) is 0 Å². The average Bonchev–Trinajstić information content (AvgIpc) is 2.66. The van der Waals surface area contributed by atoms with Gasteiger partial charge in [0.2, 0.25) is 5.91 Å². The Labute approximate surface area is 146 Å². The van der Waals surface area contributed by atoms with Gasteiger partial charge in [-0.05, 0) is 54.7 Å². The summed E-state index contributed by atoms with van der Waals surface area (Å²) in [4.78, 5) is 24.3. The molecule has 0 aromatic heterocycles. The lowest BCUT2D eigenvalue weighted by atomic mass is 9.88. The molecule has 0 fully saturated rings. The van der Waals surface area contributed by atoms with E-state index in [4.69, 9.17) is 5.26 Å². The maximum absolute atomic E-state index is 12.2. The molecule has 25 heavy (non-hydrogen) atoms. The van der Waals surface area contributed by atoms with Gasteiger partial charge >= 0.3 is 0 Å². The highest BCUT2D eigenvalue weighted by Crippen LogP contribution is 2.29. The number of hydrogen-bond acceptors (Lipinski definition) is 3. The van der Waals surface area contributed by atoms with Crippen LogP contribution in [0, 0.1) is 11.3 Å². The third-order valence-electron chi connectivity index (χ3n) is 4.39. The second-order valence-corrected chi connectivity index (χ2v) is 6.08. The minimum absolute atomic E-state index is 0.00395. The molecule has 0 aliphatic heterocycles. The van der Waals surface area contributed by atoms with Crippen LogP contribution in [0.4, 0.5) is 0 Å². The zero-order valence-corrected chi connectivity index (χ0v) is 13.8. The molecule has 2 N–H and O–H groups in total. The van der Waals surface area contributed by atoms with E-state index in [2.05, 4.69) is 22.8 Å². The molecular formula is C20H19N3O2. The largest absolute Gasteiger partial charge is 0.348 e. The number of carbonyl (C=O) groups excluding carboxylic acids is 2. The van der Waals surface area contributed by atoms with Crippen molar-refractivity contribution >= 4 is 11.8 Å². The lowest BCUT2D eigenvalue weighted by Gasteiger charge is -2.26. The molecule has 0 saturated carbocycles. The molecular weight excluding hydrogens is 314 g/mol. The Kier molecular flexibility index (Phi) is 5.10. The molecule has 2 aromatic carbocycles. The Balaban J connectivity index is 1.55. The molecule has 2 amide bonds. The van der Waals surface area contributed by atoms with Crippen LogP contribution in [-0.2, 0) is 11.2 Å². The summed E-state index contributed by atoms with van der Waals surface area (Å²) in [5.74, 6) is -0.535. The molecule has 5 nitrogen and oxygen atoms in total. The predicted octanol–water partition coefficient (Wildman–Crippen LogP) is 2.48. The summed E-state index contributed by atoms with van der Waals surface area (Å²) in [7, 11) is 0. The number of carbonyl (C=O) groups is 2. The highest BCUT2D eigenvalue weighted by atomic mass is 16.2. The smallest absolute Gasteiger partial charge is 0.251 e. The van der Waals surface area contributed by atoms with Crippen LogP contribution in [0.3, 0.4) is 0 Å². The van der Waals surface area contributed by atoms with E-state index in [0.29, 0.717) is 11.1 Å². The molecule has 0 unspecified atom stereocenters. The highest BCUT2D eigenvalue weighted by Gasteiger charge is 2.21. The van der Waals surface area contributed by atoms with Crippen LogP contribution in [0.15, 0.2) is 48.5 Å². The summed E-state index contributed by atoms with van der Waals surface area (Å²) in [6.07, 6.45) is 2.99. The number of nitrogens with zero attached hydrogens (tertiary/aromatic N) is 1. The van der Waals surface area contributed by atoms with Crippen LogP contribution in [0.2, 0.25) is 0 Å². The molecule has 0 spiro atoms. The second kappa shape index (κ2) is 7.63. The van der Waals surface area contributed by atoms with Gasteiger partial charge in [0, 0.05) is 5.56 Å². The summed E-state index contributed by atoms with van der Waals surface area (Å²) >= 11 is 0. The molecule has 0 bridgehead atoms. The Hall–Kier alpha value is -3.13. The van der Waals surface area contributed by atoms with Gasteiger partial charge in [-0.1, -0.05) is 24.3 Å². The number of benzene rings is 2. The molecule has 1 aliphatic rings. The van der Waals surface area contributed by atoms with Gasteiger partial charge in [-0.3, -0.25) is 9.59 Å². The fourth-order valence-electron chi connectivity index (χ4n) is 3.11. The summed E-state index contributed by atoms with van der Waals surface area (Å²) in [6, 6.07) is 16.4. The summed E-state index contributed by atoms with van der Waals surface area (Å²) < 4.78 is 0. The van der Waals surface area contributed by atoms with E-state index in [9.17, 15) is 9.59 Å². The Bertz CT molecular complexity index is 822. The van der Waals surface area contributed by atoms with E-state index in [0.717, 1.165) is 19.3 Å². The lowest BCUT2D eigenvalue weighted by Crippen LogP contribution is -2.39. The fraction of sp³-hybridized carbons (Fsp3) is 0.250. The van der Waals surface area contributed by atoms with Crippen LogP contribution < -0.4 is 10.6 Å². The standard InChI is InChI=1S/C20H19N3O2/c21-12-14-8-10-16(11-9-14)20(25)22-13-19(24)23-18-7-3-5-15-4-1-2-6-17(15)18/h1-2,4,6,8-11,18H,3,5,7,13H2,(H,22,25)(H,23,24)/t18-/m0/s1.